The minimum atomic E-state index is -0.296. The molecule has 8 nitrogen and oxygen atoms in total. The normalized spacial score (nSPS) is 12.0. The quantitative estimate of drug-likeness (QED) is 0.702. The van der Waals surface area contributed by atoms with E-state index in [0.29, 0.717) is 24.8 Å². The van der Waals surface area contributed by atoms with Crippen LogP contribution in [-0.4, -0.2) is 22.7 Å². The zero-order chi connectivity index (χ0) is 17.8. The number of hydrogen-bond donors (Lipinski definition) is 2. The summed E-state index contributed by atoms with van der Waals surface area (Å²) in [6.45, 7) is 1.04. The Balaban J connectivity index is 1.37. The first-order valence-electron chi connectivity index (χ1n) is 8.04. The van der Waals surface area contributed by atoms with Crippen LogP contribution >= 0.6 is 0 Å². The molecule has 3 aromatic rings. The molecular formula is C18H16N4O4. The van der Waals surface area contributed by atoms with Gasteiger partial charge in [-0.2, -0.15) is 0 Å². The summed E-state index contributed by atoms with van der Waals surface area (Å²) in [5.41, 5.74) is 1.27. The van der Waals surface area contributed by atoms with Crippen LogP contribution in [0.3, 0.4) is 0 Å². The van der Waals surface area contributed by atoms with E-state index in [4.69, 9.17) is 13.9 Å². The third-order valence-corrected chi connectivity index (χ3v) is 3.78. The number of anilines is 1. The van der Waals surface area contributed by atoms with Gasteiger partial charge in [-0.3, -0.25) is 4.79 Å². The number of fused-ring (bicyclic) bond motifs is 1. The minimum Gasteiger partial charge on any atom is -0.467 e. The molecule has 2 N–H and O–H groups in total. The molecule has 0 radical (unpaired) electrons. The molecule has 0 bridgehead atoms. The molecule has 1 amide bonds. The first-order chi connectivity index (χ1) is 12.8. The summed E-state index contributed by atoms with van der Waals surface area (Å²) in [4.78, 5) is 20.6. The maximum absolute atomic E-state index is 12.2. The van der Waals surface area contributed by atoms with Crippen LogP contribution < -0.4 is 20.1 Å². The zero-order valence-corrected chi connectivity index (χ0v) is 13.8. The lowest BCUT2D eigenvalue weighted by Crippen LogP contribution is -2.24. The van der Waals surface area contributed by atoms with Gasteiger partial charge in [-0.1, -0.05) is 6.07 Å². The van der Waals surface area contributed by atoms with E-state index in [1.807, 2.05) is 18.2 Å². The third kappa shape index (κ3) is 3.59. The zero-order valence-electron chi connectivity index (χ0n) is 13.8. The van der Waals surface area contributed by atoms with Crippen molar-refractivity contribution in [2.24, 2.45) is 0 Å². The van der Waals surface area contributed by atoms with E-state index < -0.39 is 0 Å². The number of nitrogens with one attached hydrogen (secondary N) is 2. The second-order valence-electron chi connectivity index (χ2n) is 5.57. The maximum Gasteiger partial charge on any atom is 0.270 e. The van der Waals surface area contributed by atoms with E-state index in [0.717, 1.165) is 17.1 Å². The molecule has 0 aliphatic carbocycles. The van der Waals surface area contributed by atoms with Gasteiger partial charge < -0.3 is 24.5 Å². The predicted octanol–water partition coefficient (Wildman–Crippen LogP) is 2.34. The standard InChI is InChI=1S/C18H16N4O4/c23-17(20-10-13-2-1-7-24-13)14-5-6-19-18(22-14)21-9-12-3-4-15-16(8-12)26-11-25-15/h1-8H,9-11H2,(H,20,23)(H,19,21,22). The monoisotopic (exact) mass is 352 g/mol. The van der Waals surface area contributed by atoms with E-state index >= 15 is 0 Å². The van der Waals surface area contributed by atoms with Crippen molar-refractivity contribution in [3.63, 3.8) is 0 Å². The van der Waals surface area contributed by atoms with Crippen LogP contribution in [0.5, 0.6) is 11.5 Å². The number of amides is 1. The summed E-state index contributed by atoms with van der Waals surface area (Å²) < 4.78 is 15.8. The van der Waals surface area contributed by atoms with Crippen molar-refractivity contribution in [3.8, 4) is 11.5 Å². The predicted molar refractivity (Wildman–Crippen MR) is 91.8 cm³/mol. The van der Waals surface area contributed by atoms with Crippen LogP contribution in [0, 0.1) is 0 Å². The lowest BCUT2D eigenvalue weighted by Gasteiger charge is -2.07. The number of furan rings is 1. The fourth-order valence-electron chi connectivity index (χ4n) is 2.47. The van der Waals surface area contributed by atoms with Crippen LogP contribution in [0.4, 0.5) is 5.95 Å². The Morgan fingerprint density at radius 3 is 2.92 bits per heavy atom. The van der Waals surface area contributed by atoms with Crippen molar-refractivity contribution in [2.75, 3.05) is 12.1 Å². The van der Waals surface area contributed by atoms with E-state index in [-0.39, 0.29) is 18.4 Å². The van der Waals surface area contributed by atoms with E-state index in [1.54, 1.807) is 24.5 Å². The number of ether oxygens (including phenoxy) is 2. The summed E-state index contributed by atoms with van der Waals surface area (Å²) in [6.07, 6.45) is 3.10. The molecule has 0 unspecified atom stereocenters. The summed E-state index contributed by atoms with van der Waals surface area (Å²) in [6, 6.07) is 10.8. The number of benzene rings is 1. The fraction of sp³-hybridized carbons (Fsp3) is 0.167. The topological polar surface area (TPSA) is 98.5 Å². The van der Waals surface area contributed by atoms with Gasteiger partial charge in [0.2, 0.25) is 12.7 Å². The smallest absolute Gasteiger partial charge is 0.270 e. The highest BCUT2D eigenvalue weighted by Gasteiger charge is 2.13. The van der Waals surface area contributed by atoms with Gasteiger partial charge in [0, 0.05) is 12.7 Å². The first kappa shape index (κ1) is 15.9. The van der Waals surface area contributed by atoms with Crippen LogP contribution in [0.1, 0.15) is 21.8 Å². The second-order valence-corrected chi connectivity index (χ2v) is 5.57. The van der Waals surface area contributed by atoms with Gasteiger partial charge in [0.05, 0.1) is 12.8 Å². The van der Waals surface area contributed by atoms with Crippen molar-refractivity contribution >= 4 is 11.9 Å². The summed E-state index contributed by atoms with van der Waals surface area (Å²) >= 11 is 0. The number of carbonyl (C=O) groups excluding carboxylic acids is 1. The number of carbonyl (C=O) groups is 1. The molecule has 132 valence electrons. The van der Waals surface area contributed by atoms with Crippen molar-refractivity contribution < 1.29 is 18.7 Å². The molecule has 1 aliphatic rings. The first-order valence-corrected chi connectivity index (χ1v) is 8.04. The van der Waals surface area contributed by atoms with Gasteiger partial charge in [-0.25, -0.2) is 9.97 Å². The lowest BCUT2D eigenvalue weighted by molar-refractivity contribution is 0.0943. The molecule has 4 rings (SSSR count). The molecule has 0 atom stereocenters. The molecule has 26 heavy (non-hydrogen) atoms. The number of rotatable bonds is 6. The largest absolute Gasteiger partial charge is 0.467 e. The number of nitrogens with zero attached hydrogens (tertiary/aromatic N) is 2. The second kappa shape index (κ2) is 7.14. The lowest BCUT2D eigenvalue weighted by atomic mass is 10.2. The Kier molecular flexibility index (Phi) is 4.38. The van der Waals surface area contributed by atoms with Gasteiger partial charge in [0.1, 0.15) is 11.5 Å². The van der Waals surface area contributed by atoms with Gasteiger partial charge in [-0.05, 0) is 35.9 Å². The van der Waals surface area contributed by atoms with Gasteiger partial charge in [-0.15, -0.1) is 0 Å². The number of hydrogen-bond acceptors (Lipinski definition) is 7. The number of aromatic nitrogens is 2. The van der Waals surface area contributed by atoms with Crippen LogP contribution in [-0.2, 0) is 13.1 Å². The van der Waals surface area contributed by atoms with Gasteiger partial charge in [0.15, 0.2) is 11.5 Å². The molecule has 2 aromatic heterocycles. The Bertz CT molecular complexity index is 911. The van der Waals surface area contributed by atoms with Gasteiger partial charge in [0.25, 0.3) is 5.91 Å². The van der Waals surface area contributed by atoms with E-state index in [1.165, 1.54) is 6.20 Å². The molecular weight excluding hydrogens is 336 g/mol. The van der Waals surface area contributed by atoms with E-state index in [2.05, 4.69) is 20.6 Å². The van der Waals surface area contributed by atoms with E-state index in [9.17, 15) is 4.79 Å². The Hall–Kier alpha value is -3.55. The average molecular weight is 352 g/mol. The molecule has 8 heteroatoms. The Morgan fingerprint density at radius 1 is 1.12 bits per heavy atom. The van der Waals surface area contributed by atoms with Crippen LogP contribution in [0.25, 0.3) is 0 Å². The Morgan fingerprint density at radius 2 is 2.04 bits per heavy atom. The molecule has 1 aromatic carbocycles. The fourth-order valence-corrected chi connectivity index (χ4v) is 2.47. The van der Waals surface area contributed by atoms with Crippen LogP contribution in [0.15, 0.2) is 53.3 Å². The van der Waals surface area contributed by atoms with Crippen LogP contribution in [0.2, 0.25) is 0 Å². The van der Waals surface area contributed by atoms with Crippen molar-refractivity contribution in [2.45, 2.75) is 13.1 Å². The van der Waals surface area contributed by atoms with Crippen molar-refractivity contribution in [1.29, 1.82) is 0 Å². The maximum atomic E-state index is 12.2. The SMILES string of the molecule is O=C(NCc1ccco1)c1ccnc(NCc2ccc3c(c2)OCO3)n1. The van der Waals surface area contributed by atoms with Gasteiger partial charge >= 0.3 is 0 Å². The summed E-state index contributed by atoms with van der Waals surface area (Å²) in [7, 11) is 0. The molecule has 0 spiro atoms. The molecule has 1 aliphatic heterocycles. The highest BCUT2D eigenvalue weighted by molar-refractivity contribution is 5.92. The minimum absolute atomic E-state index is 0.241. The highest BCUT2D eigenvalue weighted by Crippen LogP contribution is 2.32. The summed E-state index contributed by atoms with van der Waals surface area (Å²) in [5, 5.41) is 5.85. The Labute approximate surface area is 149 Å². The van der Waals surface area contributed by atoms with Crippen molar-refractivity contribution in [3.05, 3.63) is 65.9 Å². The molecule has 0 fully saturated rings. The average Bonchev–Trinajstić information content (AvgIpc) is 3.35. The third-order valence-electron chi connectivity index (χ3n) is 3.78. The van der Waals surface area contributed by atoms with Crippen molar-refractivity contribution in [1.82, 2.24) is 15.3 Å². The molecule has 3 heterocycles. The summed E-state index contributed by atoms with van der Waals surface area (Å²) in [5.74, 6) is 2.20. The highest BCUT2D eigenvalue weighted by atomic mass is 16.7. The molecule has 0 saturated carbocycles. The molecule has 0 saturated heterocycles.